The molecule has 2 atom stereocenters. The van der Waals surface area contributed by atoms with Crippen LogP contribution in [0, 0.1) is 11.3 Å². The zero-order chi connectivity index (χ0) is 16.9. The number of nitrogens with zero attached hydrogens (tertiary/aromatic N) is 1. The molecule has 2 aromatic carbocycles. The topological polar surface area (TPSA) is 73.1 Å². The molecule has 1 amide bonds. The molecule has 4 nitrogen and oxygen atoms in total. The first-order chi connectivity index (χ1) is 11.7. The molecule has 2 N–H and O–H groups in total. The van der Waals surface area contributed by atoms with Gasteiger partial charge < -0.3 is 10.4 Å². The maximum absolute atomic E-state index is 12.7. The van der Waals surface area contributed by atoms with E-state index >= 15 is 0 Å². The average molecular weight is 320 g/mol. The summed E-state index contributed by atoms with van der Waals surface area (Å²) in [5.74, 6) is -0.204. The summed E-state index contributed by atoms with van der Waals surface area (Å²) in [6, 6.07) is 16.5. The van der Waals surface area contributed by atoms with Crippen LogP contribution in [0.1, 0.15) is 41.6 Å². The van der Waals surface area contributed by atoms with Gasteiger partial charge in [-0.3, -0.25) is 4.79 Å². The summed E-state index contributed by atoms with van der Waals surface area (Å²) >= 11 is 0. The molecule has 1 saturated carbocycles. The van der Waals surface area contributed by atoms with Crippen LogP contribution < -0.4 is 5.32 Å². The van der Waals surface area contributed by atoms with Gasteiger partial charge in [0.1, 0.15) is 0 Å². The lowest BCUT2D eigenvalue weighted by molar-refractivity contribution is 0.0718. The van der Waals surface area contributed by atoms with Crippen LogP contribution in [-0.4, -0.2) is 23.2 Å². The van der Waals surface area contributed by atoms with E-state index in [1.807, 2.05) is 36.4 Å². The lowest BCUT2D eigenvalue weighted by atomic mass is 9.91. The van der Waals surface area contributed by atoms with Gasteiger partial charge in [-0.2, -0.15) is 5.26 Å². The number of benzene rings is 2. The smallest absolute Gasteiger partial charge is 0.252 e. The van der Waals surface area contributed by atoms with Gasteiger partial charge >= 0.3 is 0 Å². The second-order valence-electron chi connectivity index (χ2n) is 6.13. The third-order valence-corrected chi connectivity index (χ3v) is 4.56. The van der Waals surface area contributed by atoms with Gasteiger partial charge in [0.25, 0.3) is 5.91 Å². The highest BCUT2D eigenvalue weighted by Gasteiger charge is 2.25. The van der Waals surface area contributed by atoms with Crippen LogP contribution in [0.4, 0.5) is 0 Å². The van der Waals surface area contributed by atoms with Crippen molar-refractivity contribution in [1.29, 1.82) is 5.26 Å². The second kappa shape index (κ2) is 7.29. The number of amides is 1. The molecule has 0 radical (unpaired) electrons. The van der Waals surface area contributed by atoms with Crippen molar-refractivity contribution in [2.45, 2.75) is 37.8 Å². The fraction of sp³-hybridized carbons (Fsp3) is 0.300. The molecule has 0 bridgehead atoms. The van der Waals surface area contributed by atoms with E-state index in [4.69, 9.17) is 0 Å². The molecule has 0 aromatic heterocycles. The molecule has 0 aliphatic heterocycles. The number of carbonyl (C=O) groups is 1. The Morgan fingerprint density at radius 2 is 1.71 bits per heavy atom. The van der Waals surface area contributed by atoms with E-state index in [0.717, 1.165) is 36.8 Å². The maximum Gasteiger partial charge on any atom is 0.252 e. The van der Waals surface area contributed by atoms with Gasteiger partial charge in [-0.1, -0.05) is 49.2 Å². The van der Waals surface area contributed by atoms with E-state index < -0.39 is 6.10 Å². The van der Waals surface area contributed by atoms with Crippen LogP contribution in [0.5, 0.6) is 0 Å². The third kappa shape index (κ3) is 3.32. The number of hydrogen-bond acceptors (Lipinski definition) is 3. The third-order valence-electron chi connectivity index (χ3n) is 4.56. The van der Waals surface area contributed by atoms with Crippen LogP contribution in [0.15, 0.2) is 48.5 Å². The highest BCUT2D eigenvalue weighted by molar-refractivity contribution is 6.01. The predicted octanol–water partition coefficient (Wildman–Crippen LogP) is 3.26. The zero-order valence-electron chi connectivity index (χ0n) is 13.4. The number of aliphatic hydroxyl groups excluding tert-OH is 1. The summed E-state index contributed by atoms with van der Waals surface area (Å²) < 4.78 is 0. The molecule has 0 heterocycles. The minimum Gasteiger partial charge on any atom is -0.391 e. The van der Waals surface area contributed by atoms with Gasteiger partial charge in [-0.15, -0.1) is 0 Å². The van der Waals surface area contributed by atoms with Crippen molar-refractivity contribution in [2.24, 2.45) is 0 Å². The molecule has 2 aromatic rings. The summed E-state index contributed by atoms with van der Waals surface area (Å²) in [7, 11) is 0. The van der Waals surface area contributed by atoms with Crippen molar-refractivity contribution in [3.8, 4) is 17.2 Å². The molecular formula is C20H20N2O2. The van der Waals surface area contributed by atoms with Gasteiger partial charge in [-0.25, -0.2) is 0 Å². The van der Waals surface area contributed by atoms with E-state index in [1.165, 1.54) is 0 Å². The number of nitrogens with one attached hydrogen (secondary N) is 1. The fourth-order valence-corrected chi connectivity index (χ4v) is 3.26. The van der Waals surface area contributed by atoms with E-state index in [2.05, 4.69) is 11.4 Å². The Hall–Kier alpha value is -2.64. The SMILES string of the molecule is N#Cc1ccccc1-c1ccccc1C(=O)NC1CCCCC1O. The van der Waals surface area contributed by atoms with Crippen molar-refractivity contribution in [2.75, 3.05) is 0 Å². The Morgan fingerprint density at radius 1 is 1.04 bits per heavy atom. The molecule has 2 unspecified atom stereocenters. The Labute approximate surface area is 141 Å². The Balaban J connectivity index is 1.92. The Bertz CT molecular complexity index is 779. The molecule has 4 heteroatoms. The highest BCUT2D eigenvalue weighted by Crippen LogP contribution is 2.27. The Kier molecular flexibility index (Phi) is 4.93. The summed E-state index contributed by atoms with van der Waals surface area (Å²) in [6.45, 7) is 0. The maximum atomic E-state index is 12.7. The first-order valence-electron chi connectivity index (χ1n) is 8.28. The first-order valence-corrected chi connectivity index (χ1v) is 8.28. The first kappa shape index (κ1) is 16.2. The lowest BCUT2D eigenvalue weighted by Crippen LogP contribution is -2.45. The summed E-state index contributed by atoms with van der Waals surface area (Å²) in [6.07, 6.45) is 3.05. The fourth-order valence-electron chi connectivity index (χ4n) is 3.26. The minimum absolute atomic E-state index is 0.203. The van der Waals surface area contributed by atoms with Gasteiger partial charge in [-0.05, 0) is 30.5 Å². The van der Waals surface area contributed by atoms with Crippen LogP contribution in [-0.2, 0) is 0 Å². The number of nitriles is 1. The normalized spacial score (nSPS) is 20.2. The Morgan fingerprint density at radius 3 is 2.46 bits per heavy atom. The highest BCUT2D eigenvalue weighted by atomic mass is 16.3. The number of hydrogen-bond donors (Lipinski definition) is 2. The zero-order valence-corrected chi connectivity index (χ0v) is 13.4. The number of carbonyl (C=O) groups excluding carboxylic acids is 1. The summed E-state index contributed by atoms with van der Waals surface area (Å²) in [5, 5.41) is 22.4. The largest absolute Gasteiger partial charge is 0.391 e. The quantitative estimate of drug-likeness (QED) is 0.911. The minimum atomic E-state index is -0.485. The molecule has 1 aliphatic rings. The molecule has 1 aliphatic carbocycles. The average Bonchev–Trinajstić information content (AvgIpc) is 2.63. The van der Waals surface area contributed by atoms with E-state index in [1.54, 1.807) is 12.1 Å². The summed E-state index contributed by atoms with van der Waals surface area (Å²) in [5.41, 5.74) is 2.54. The van der Waals surface area contributed by atoms with Crippen molar-refractivity contribution >= 4 is 5.91 Å². The van der Waals surface area contributed by atoms with Crippen LogP contribution in [0.25, 0.3) is 11.1 Å². The van der Waals surface area contributed by atoms with Crippen molar-refractivity contribution in [3.05, 3.63) is 59.7 Å². The molecule has 122 valence electrons. The molecule has 1 fully saturated rings. The second-order valence-corrected chi connectivity index (χ2v) is 6.13. The van der Waals surface area contributed by atoms with Crippen LogP contribution >= 0.6 is 0 Å². The predicted molar refractivity (Wildman–Crippen MR) is 92.3 cm³/mol. The van der Waals surface area contributed by atoms with Crippen molar-refractivity contribution < 1.29 is 9.90 Å². The lowest BCUT2D eigenvalue weighted by Gasteiger charge is -2.28. The molecule has 0 saturated heterocycles. The van der Waals surface area contributed by atoms with Gasteiger partial charge in [0.05, 0.1) is 23.8 Å². The van der Waals surface area contributed by atoms with Gasteiger partial charge in [0, 0.05) is 11.1 Å². The molecule has 0 spiro atoms. The molecule has 24 heavy (non-hydrogen) atoms. The van der Waals surface area contributed by atoms with Crippen molar-refractivity contribution in [3.63, 3.8) is 0 Å². The van der Waals surface area contributed by atoms with E-state index in [-0.39, 0.29) is 11.9 Å². The number of rotatable bonds is 3. The monoisotopic (exact) mass is 320 g/mol. The van der Waals surface area contributed by atoms with Gasteiger partial charge in [0.15, 0.2) is 0 Å². The summed E-state index contributed by atoms with van der Waals surface area (Å²) in [4.78, 5) is 12.7. The molecule has 3 rings (SSSR count). The van der Waals surface area contributed by atoms with Gasteiger partial charge in [0.2, 0.25) is 0 Å². The van der Waals surface area contributed by atoms with Crippen LogP contribution in [0.2, 0.25) is 0 Å². The standard InChI is InChI=1S/C20H20N2O2/c21-13-14-7-1-2-8-15(14)16-9-3-4-10-17(16)20(24)22-18-11-5-6-12-19(18)23/h1-4,7-10,18-19,23H,5-6,11-12H2,(H,22,24). The van der Waals surface area contributed by atoms with E-state index in [0.29, 0.717) is 11.1 Å². The van der Waals surface area contributed by atoms with Crippen molar-refractivity contribution in [1.82, 2.24) is 5.32 Å². The van der Waals surface area contributed by atoms with Crippen LogP contribution in [0.3, 0.4) is 0 Å². The number of aliphatic hydroxyl groups is 1. The van der Waals surface area contributed by atoms with E-state index in [9.17, 15) is 15.2 Å². The molecular weight excluding hydrogens is 300 g/mol.